The van der Waals surface area contributed by atoms with Crippen LogP contribution in [0, 0.1) is 13.8 Å². The lowest BCUT2D eigenvalue weighted by Crippen LogP contribution is -2.38. The van der Waals surface area contributed by atoms with Gasteiger partial charge < -0.3 is 19.7 Å². The average Bonchev–Trinajstić information content (AvgIpc) is 3.07. The molecule has 0 aliphatic heterocycles. The Morgan fingerprint density at radius 3 is 2.72 bits per heavy atom. The van der Waals surface area contributed by atoms with Crippen LogP contribution in [0.5, 0.6) is 5.75 Å². The van der Waals surface area contributed by atoms with Gasteiger partial charge in [0.2, 0.25) is 0 Å². The molecule has 0 radical (unpaired) electrons. The lowest BCUT2D eigenvalue weighted by Gasteiger charge is -2.25. The third-order valence-corrected chi connectivity index (χ3v) is 4.68. The first kappa shape index (κ1) is 17.5. The van der Waals surface area contributed by atoms with Crippen molar-refractivity contribution in [3.63, 3.8) is 0 Å². The minimum Gasteiger partial charge on any atom is -0.486 e. The number of ether oxygens (including phenoxy) is 1. The van der Waals surface area contributed by atoms with Gasteiger partial charge in [-0.2, -0.15) is 0 Å². The van der Waals surface area contributed by atoms with Gasteiger partial charge in [0.25, 0.3) is 5.91 Å². The number of carbonyl (C=O) groups is 1. The van der Waals surface area contributed by atoms with Crippen molar-refractivity contribution in [1.82, 2.24) is 10.5 Å². The fourth-order valence-corrected chi connectivity index (χ4v) is 2.93. The number of benzene rings is 1. The van der Waals surface area contributed by atoms with Crippen molar-refractivity contribution in [3.8, 4) is 5.75 Å². The summed E-state index contributed by atoms with van der Waals surface area (Å²) >= 11 is 0. The predicted octanol–water partition coefficient (Wildman–Crippen LogP) is 2.90. The van der Waals surface area contributed by atoms with Crippen molar-refractivity contribution in [2.24, 2.45) is 0 Å². The predicted molar refractivity (Wildman–Crippen MR) is 92.5 cm³/mol. The van der Waals surface area contributed by atoms with Crippen molar-refractivity contribution in [3.05, 3.63) is 46.8 Å². The number of hydrogen-bond acceptors (Lipinski definition) is 5. The molecule has 3 rings (SSSR count). The summed E-state index contributed by atoms with van der Waals surface area (Å²) in [5.74, 6) is 1.01. The molecular formula is C19H24N2O4. The van der Waals surface area contributed by atoms with Gasteiger partial charge in [-0.05, 0) is 62.8 Å². The Morgan fingerprint density at radius 2 is 2.00 bits per heavy atom. The molecule has 1 amide bonds. The Kier molecular flexibility index (Phi) is 5.38. The minimum atomic E-state index is -0.248. The molecule has 1 aliphatic rings. The van der Waals surface area contributed by atoms with Crippen molar-refractivity contribution in [2.45, 2.75) is 58.3 Å². The van der Waals surface area contributed by atoms with Crippen molar-refractivity contribution < 1.29 is 19.2 Å². The molecule has 6 nitrogen and oxygen atoms in total. The van der Waals surface area contributed by atoms with Gasteiger partial charge in [0, 0.05) is 12.1 Å². The summed E-state index contributed by atoms with van der Waals surface area (Å²) in [6.07, 6.45) is 2.77. The molecule has 2 aromatic rings. The van der Waals surface area contributed by atoms with Gasteiger partial charge in [0.05, 0.1) is 6.10 Å². The van der Waals surface area contributed by atoms with E-state index in [-0.39, 0.29) is 30.4 Å². The van der Waals surface area contributed by atoms with E-state index in [1.807, 2.05) is 32.0 Å². The second kappa shape index (κ2) is 7.70. The second-order valence-corrected chi connectivity index (χ2v) is 6.69. The highest BCUT2D eigenvalue weighted by atomic mass is 16.5. The van der Waals surface area contributed by atoms with E-state index in [9.17, 15) is 9.90 Å². The Hall–Kier alpha value is -2.34. The molecule has 0 spiro atoms. The number of nitrogens with one attached hydrogen (secondary N) is 1. The summed E-state index contributed by atoms with van der Waals surface area (Å²) in [5.41, 5.74) is 2.62. The van der Waals surface area contributed by atoms with E-state index in [0.29, 0.717) is 5.76 Å². The quantitative estimate of drug-likeness (QED) is 0.871. The molecule has 1 heterocycles. The maximum atomic E-state index is 12.2. The van der Waals surface area contributed by atoms with E-state index < -0.39 is 0 Å². The van der Waals surface area contributed by atoms with Gasteiger partial charge in [0.1, 0.15) is 12.4 Å². The number of aryl methyl sites for hydroxylation is 2. The molecule has 1 aliphatic carbocycles. The maximum absolute atomic E-state index is 12.2. The molecule has 0 bridgehead atoms. The van der Waals surface area contributed by atoms with Crippen LogP contribution in [-0.4, -0.2) is 28.3 Å². The van der Waals surface area contributed by atoms with Gasteiger partial charge in [-0.1, -0.05) is 11.2 Å². The molecule has 6 heteroatoms. The van der Waals surface area contributed by atoms with Gasteiger partial charge in [-0.25, -0.2) is 0 Å². The summed E-state index contributed by atoms with van der Waals surface area (Å²) in [6, 6.07) is 7.57. The molecule has 1 fully saturated rings. The van der Waals surface area contributed by atoms with E-state index in [0.717, 1.165) is 37.0 Å². The van der Waals surface area contributed by atoms with Gasteiger partial charge >= 0.3 is 0 Å². The number of carbonyl (C=O) groups excluding carboxylic acids is 1. The van der Waals surface area contributed by atoms with E-state index in [1.54, 1.807) is 6.07 Å². The number of aliphatic hydroxyl groups excluding tert-OH is 1. The third kappa shape index (κ3) is 4.60. The monoisotopic (exact) mass is 344 g/mol. The van der Waals surface area contributed by atoms with E-state index in [4.69, 9.17) is 9.26 Å². The molecule has 2 N–H and O–H groups in total. The smallest absolute Gasteiger partial charge is 0.273 e. The van der Waals surface area contributed by atoms with Crippen molar-refractivity contribution >= 4 is 5.91 Å². The molecule has 0 atom stereocenters. The number of aliphatic hydroxyl groups is 1. The molecule has 0 saturated heterocycles. The lowest BCUT2D eigenvalue weighted by molar-refractivity contribution is 0.0859. The van der Waals surface area contributed by atoms with E-state index in [2.05, 4.69) is 10.5 Å². The highest BCUT2D eigenvalue weighted by Gasteiger charge is 2.22. The van der Waals surface area contributed by atoms with Crippen LogP contribution in [0.25, 0.3) is 0 Å². The van der Waals surface area contributed by atoms with Crippen molar-refractivity contribution in [2.75, 3.05) is 0 Å². The molecule has 1 saturated carbocycles. The standard InChI is InChI=1S/C19H24N2O4/c1-12-3-8-16(9-13(12)2)24-11-17-10-18(21-25-17)19(23)20-14-4-6-15(22)7-5-14/h3,8-10,14-15,22H,4-7,11H2,1-2H3,(H,20,23). The molecule has 1 aromatic heterocycles. The highest BCUT2D eigenvalue weighted by Crippen LogP contribution is 2.20. The Labute approximate surface area is 147 Å². The molecule has 0 unspecified atom stereocenters. The molecule has 25 heavy (non-hydrogen) atoms. The highest BCUT2D eigenvalue weighted by molar-refractivity contribution is 5.92. The first-order valence-corrected chi connectivity index (χ1v) is 8.66. The maximum Gasteiger partial charge on any atom is 0.273 e. The van der Waals surface area contributed by atoms with Crippen molar-refractivity contribution in [1.29, 1.82) is 0 Å². The fourth-order valence-electron chi connectivity index (χ4n) is 2.93. The number of hydrogen-bond donors (Lipinski definition) is 2. The Morgan fingerprint density at radius 1 is 1.24 bits per heavy atom. The summed E-state index contributed by atoms with van der Waals surface area (Å²) in [7, 11) is 0. The van der Waals surface area contributed by atoms with E-state index in [1.165, 1.54) is 5.56 Å². The fraction of sp³-hybridized carbons (Fsp3) is 0.474. The first-order chi connectivity index (χ1) is 12.0. The number of nitrogens with zero attached hydrogens (tertiary/aromatic N) is 1. The van der Waals surface area contributed by atoms with Crippen LogP contribution in [0.1, 0.15) is 53.1 Å². The Bertz CT molecular complexity index is 733. The van der Waals surface area contributed by atoms with Crippen LogP contribution in [0.4, 0.5) is 0 Å². The van der Waals surface area contributed by atoms with Gasteiger partial charge in [-0.15, -0.1) is 0 Å². The minimum absolute atomic E-state index is 0.0860. The summed E-state index contributed by atoms with van der Waals surface area (Å²) in [4.78, 5) is 12.2. The average molecular weight is 344 g/mol. The van der Waals surface area contributed by atoms with E-state index >= 15 is 0 Å². The normalized spacial score (nSPS) is 20.3. The summed E-state index contributed by atoms with van der Waals surface area (Å²) in [5, 5.41) is 16.3. The topological polar surface area (TPSA) is 84.6 Å². The first-order valence-electron chi connectivity index (χ1n) is 8.66. The van der Waals surface area contributed by atoms with Crippen LogP contribution in [-0.2, 0) is 6.61 Å². The van der Waals surface area contributed by atoms with Crippen LogP contribution in [0.3, 0.4) is 0 Å². The summed E-state index contributed by atoms with van der Waals surface area (Å²) < 4.78 is 10.9. The zero-order chi connectivity index (χ0) is 17.8. The number of amides is 1. The molecule has 1 aromatic carbocycles. The third-order valence-electron chi connectivity index (χ3n) is 4.68. The lowest BCUT2D eigenvalue weighted by atomic mass is 9.93. The zero-order valence-electron chi connectivity index (χ0n) is 14.6. The molecular weight excluding hydrogens is 320 g/mol. The Balaban J connectivity index is 1.52. The van der Waals surface area contributed by atoms with Crippen LogP contribution >= 0.6 is 0 Å². The largest absolute Gasteiger partial charge is 0.486 e. The second-order valence-electron chi connectivity index (χ2n) is 6.69. The SMILES string of the molecule is Cc1ccc(OCc2cc(C(=O)NC3CCC(O)CC3)no2)cc1C. The van der Waals surface area contributed by atoms with Crippen LogP contribution in [0.15, 0.2) is 28.8 Å². The number of aromatic nitrogens is 1. The summed E-state index contributed by atoms with van der Waals surface area (Å²) in [6.45, 7) is 4.30. The van der Waals surface area contributed by atoms with Gasteiger partial charge in [0.15, 0.2) is 11.5 Å². The van der Waals surface area contributed by atoms with Crippen LogP contribution < -0.4 is 10.1 Å². The molecule has 134 valence electrons. The van der Waals surface area contributed by atoms with Gasteiger partial charge in [-0.3, -0.25) is 4.79 Å². The number of rotatable bonds is 5. The van der Waals surface area contributed by atoms with Crippen LogP contribution in [0.2, 0.25) is 0 Å². The zero-order valence-corrected chi connectivity index (χ0v) is 14.6.